The molecule has 1 aromatic rings. The summed E-state index contributed by atoms with van der Waals surface area (Å²) in [6.07, 6.45) is 0.674. The van der Waals surface area contributed by atoms with Crippen LogP contribution in [0.1, 0.15) is 6.42 Å². The van der Waals surface area contributed by atoms with Gasteiger partial charge < -0.3 is 0 Å². The standard InChI is InChI=1S/C11H7BrFNO2/c12-8-3-5(13)1-2-9(8)14-10(15)6-4-7(6)11(14)16/h1-3,6-7H,4H2. The third-order valence-electron chi connectivity index (χ3n) is 3.02. The molecule has 2 unspecified atom stereocenters. The minimum atomic E-state index is -0.403. The van der Waals surface area contributed by atoms with Gasteiger partial charge in [0.25, 0.3) is 0 Å². The maximum absolute atomic E-state index is 12.9. The van der Waals surface area contributed by atoms with Crippen LogP contribution < -0.4 is 4.90 Å². The average molecular weight is 284 g/mol. The lowest BCUT2D eigenvalue weighted by Crippen LogP contribution is -2.33. The van der Waals surface area contributed by atoms with Crippen molar-refractivity contribution in [2.75, 3.05) is 4.90 Å². The van der Waals surface area contributed by atoms with E-state index in [0.29, 0.717) is 16.6 Å². The van der Waals surface area contributed by atoms with Gasteiger partial charge in [-0.05, 0) is 40.5 Å². The first-order valence-corrected chi connectivity index (χ1v) is 5.72. The van der Waals surface area contributed by atoms with Crippen molar-refractivity contribution in [3.05, 3.63) is 28.5 Å². The lowest BCUT2D eigenvalue weighted by molar-refractivity contribution is -0.123. The van der Waals surface area contributed by atoms with Gasteiger partial charge in [0.2, 0.25) is 11.8 Å². The maximum atomic E-state index is 12.9. The van der Waals surface area contributed by atoms with Crippen molar-refractivity contribution in [2.24, 2.45) is 11.8 Å². The van der Waals surface area contributed by atoms with Gasteiger partial charge in [-0.15, -0.1) is 0 Å². The molecule has 0 aromatic heterocycles. The van der Waals surface area contributed by atoms with Crippen LogP contribution in [-0.2, 0) is 9.59 Å². The molecule has 0 radical (unpaired) electrons. The number of hydrogen-bond donors (Lipinski definition) is 0. The molecular weight excluding hydrogens is 277 g/mol. The van der Waals surface area contributed by atoms with Gasteiger partial charge in [0.1, 0.15) is 5.82 Å². The van der Waals surface area contributed by atoms with E-state index in [-0.39, 0.29) is 23.7 Å². The van der Waals surface area contributed by atoms with Crippen molar-refractivity contribution in [1.29, 1.82) is 0 Å². The number of anilines is 1. The van der Waals surface area contributed by atoms with E-state index in [1.165, 1.54) is 18.2 Å². The molecule has 1 aliphatic heterocycles. The summed E-state index contributed by atoms with van der Waals surface area (Å²) in [7, 11) is 0. The molecule has 2 amide bonds. The molecule has 0 N–H and O–H groups in total. The van der Waals surface area contributed by atoms with Crippen molar-refractivity contribution in [3.8, 4) is 0 Å². The minimum Gasteiger partial charge on any atom is -0.274 e. The summed E-state index contributed by atoms with van der Waals surface area (Å²) in [6, 6.07) is 3.93. The van der Waals surface area contributed by atoms with Gasteiger partial charge in [0.15, 0.2) is 0 Å². The molecule has 3 nitrogen and oxygen atoms in total. The summed E-state index contributed by atoms with van der Waals surface area (Å²) >= 11 is 3.16. The number of imide groups is 1. The van der Waals surface area contributed by atoms with Gasteiger partial charge in [-0.1, -0.05) is 0 Å². The highest BCUT2D eigenvalue weighted by Crippen LogP contribution is 2.49. The molecule has 1 heterocycles. The number of rotatable bonds is 1. The Labute approximate surface area is 99.4 Å². The molecule has 3 rings (SSSR count). The number of carbonyl (C=O) groups excluding carboxylic acids is 2. The van der Waals surface area contributed by atoms with E-state index >= 15 is 0 Å². The van der Waals surface area contributed by atoms with Crippen LogP contribution in [-0.4, -0.2) is 11.8 Å². The third kappa shape index (κ3) is 1.24. The zero-order valence-corrected chi connectivity index (χ0v) is 9.70. The minimum absolute atomic E-state index is 0.135. The SMILES string of the molecule is O=C1C2CC2C(=O)N1c1ccc(F)cc1Br. The van der Waals surface area contributed by atoms with Gasteiger partial charge in [-0.25, -0.2) is 9.29 Å². The molecule has 1 aliphatic carbocycles. The Morgan fingerprint density at radius 1 is 1.25 bits per heavy atom. The third-order valence-corrected chi connectivity index (χ3v) is 3.65. The number of halogens is 2. The Hall–Kier alpha value is -1.23. The number of hydrogen-bond acceptors (Lipinski definition) is 2. The Kier molecular flexibility index (Phi) is 1.95. The molecule has 82 valence electrons. The number of nitrogens with zero attached hydrogens (tertiary/aromatic N) is 1. The predicted octanol–water partition coefficient (Wildman–Crippen LogP) is 2.10. The van der Waals surface area contributed by atoms with Gasteiger partial charge in [-0.3, -0.25) is 9.59 Å². The van der Waals surface area contributed by atoms with E-state index in [1.54, 1.807) is 0 Å². The van der Waals surface area contributed by atoms with E-state index in [9.17, 15) is 14.0 Å². The topological polar surface area (TPSA) is 37.4 Å². The fourth-order valence-electron chi connectivity index (χ4n) is 2.08. The highest BCUT2D eigenvalue weighted by atomic mass is 79.9. The molecule has 5 heteroatoms. The summed E-state index contributed by atoms with van der Waals surface area (Å²) in [4.78, 5) is 24.7. The van der Waals surface area contributed by atoms with Crippen molar-refractivity contribution in [1.82, 2.24) is 0 Å². The van der Waals surface area contributed by atoms with Crippen molar-refractivity contribution in [2.45, 2.75) is 6.42 Å². The Bertz CT molecular complexity index is 497. The van der Waals surface area contributed by atoms with Crippen molar-refractivity contribution in [3.63, 3.8) is 0 Å². The van der Waals surface area contributed by atoms with Crippen LogP contribution in [0.4, 0.5) is 10.1 Å². The van der Waals surface area contributed by atoms with Crippen LogP contribution in [0.25, 0.3) is 0 Å². The van der Waals surface area contributed by atoms with E-state index in [2.05, 4.69) is 15.9 Å². The van der Waals surface area contributed by atoms with Crippen molar-refractivity contribution < 1.29 is 14.0 Å². The zero-order valence-electron chi connectivity index (χ0n) is 8.11. The Morgan fingerprint density at radius 2 is 1.88 bits per heavy atom. The smallest absolute Gasteiger partial charge is 0.237 e. The highest BCUT2D eigenvalue weighted by Gasteiger charge is 2.59. The van der Waals surface area contributed by atoms with Crippen LogP contribution in [0.5, 0.6) is 0 Å². The zero-order chi connectivity index (χ0) is 11.4. The van der Waals surface area contributed by atoms with Gasteiger partial charge >= 0.3 is 0 Å². The number of amides is 2. The second-order valence-electron chi connectivity index (χ2n) is 4.06. The van der Waals surface area contributed by atoms with Crippen LogP contribution in [0.3, 0.4) is 0 Å². The summed E-state index contributed by atoms with van der Waals surface area (Å²) in [5.41, 5.74) is 0.434. The first kappa shape index (κ1) is 9.96. The molecule has 2 fully saturated rings. The highest BCUT2D eigenvalue weighted by molar-refractivity contribution is 9.10. The molecule has 16 heavy (non-hydrogen) atoms. The van der Waals surface area contributed by atoms with Crippen molar-refractivity contribution >= 4 is 33.4 Å². The fraction of sp³-hybridized carbons (Fsp3) is 0.273. The first-order valence-electron chi connectivity index (χ1n) is 4.92. The summed E-state index contributed by atoms with van der Waals surface area (Å²) < 4.78 is 13.3. The molecule has 2 aliphatic rings. The molecule has 2 atom stereocenters. The molecular formula is C11H7BrFNO2. The number of benzene rings is 1. The van der Waals surface area contributed by atoms with Gasteiger partial charge in [-0.2, -0.15) is 0 Å². The molecule has 1 aromatic carbocycles. The van der Waals surface area contributed by atoms with Gasteiger partial charge in [0, 0.05) is 4.47 Å². The first-order chi connectivity index (χ1) is 7.59. The van der Waals surface area contributed by atoms with Crippen LogP contribution in [0.2, 0.25) is 0 Å². The van der Waals surface area contributed by atoms with E-state index in [1.807, 2.05) is 0 Å². The predicted molar refractivity (Wildman–Crippen MR) is 58.2 cm³/mol. The molecule has 1 saturated carbocycles. The lowest BCUT2D eigenvalue weighted by Gasteiger charge is -2.17. The summed E-state index contributed by atoms with van der Waals surface area (Å²) in [6.45, 7) is 0. The number of carbonyl (C=O) groups is 2. The lowest BCUT2D eigenvalue weighted by atomic mass is 10.2. The monoisotopic (exact) mass is 283 g/mol. The van der Waals surface area contributed by atoms with Crippen LogP contribution in [0.15, 0.2) is 22.7 Å². The number of piperidine rings is 1. The maximum Gasteiger partial charge on any atom is 0.237 e. The summed E-state index contributed by atoms with van der Waals surface area (Å²) in [5.74, 6) is -1.00. The Morgan fingerprint density at radius 3 is 2.44 bits per heavy atom. The van der Waals surface area contributed by atoms with Gasteiger partial charge in [0.05, 0.1) is 17.5 Å². The largest absolute Gasteiger partial charge is 0.274 e. The molecule has 0 spiro atoms. The second-order valence-corrected chi connectivity index (χ2v) is 4.91. The Balaban J connectivity index is 2.04. The fourth-order valence-corrected chi connectivity index (χ4v) is 2.61. The van der Waals surface area contributed by atoms with Crippen LogP contribution >= 0.6 is 15.9 Å². The van der Waals surface area contributed by atoms with E-state index in [4.69, 9.17) is 0 Å². The second kappa shape index (κ2) is 3.13. The van der Waals surface area contributed by atoms with E-state index < -0.39 is 5.82 Å². The molecule has 0 bridgehead atoms. The number of fused-ring (bicyclic) bond motifs is 1. The van der Waals surface area contributed by atoms with Crippen LogP contribution in [0, 0.1) is 17.7 Å². The summed E-state index contributed by atoms with van der Waals surface area (Å²) in [5, 5.41) is 0. The average Bonchev–Trinajstić information content (AvgIpc) is 2.96. The van der Waals surface area contributed by atoms with E-state index in [0.717, 1.165) is 4.90 Å². The quantitative estimate of drug-likeness (QED) is 0.741. The normalized spacial score (nSPS) is 27.2. The molecule has 1 saturated heterocycles.